The van der Waals surface area contributed by atoms with Crippen LogP contribution in [0.2, 0.25) is 0 Å². The summed E-state index contributed by atoms with van der Waals surface area (Å²) < 4.78 is 37.9. The fourth-order valence-corrected chi connectivity index (χ4v) is 2.06. The van der Waals surface area contributed by atoms with Crippen LogP contribution in [0.4, 0.5) is 13.2 Å². The van der Waals surface area contributed by atoms with Crippen LogP contribution in [0, 0.1) is 0 Å². The summed E-state index contributed by atoms with van der Waals surface area (Å²) >= 11 is 1.53. The number of azo groups is 1. The number of allylic oxidation sites excluding steroid dienone is 1. The zero-order chi connectivity index (χ0) is 14.0. The summed E-state index contributed by atoms with van der Waals surface area (Å²) in [5.41, 5.74) is -0.967. The Labute approximate surface area is 111 Å². The molecule has 100 valence electrons. The van der Waals surface area contributed by atoms with Crippen molar-refractivity contribution in [2.75, 3.05) is 6.26 Å². The van der Waals surface area contributed by atoms with E-state index in [4.69, 9.17) is 0 Å². The number of carbonyl (C=O) groups excluding carboxylic acids is 1. The van der Waals surface area contributed by atoms with Crippen molar-refractivity contribution in [3.05, 3.63) is 41.1 Å². The first-order valence-corrected chi connectivity index (χ1v) is 6.53. The van der Waals surface area contributed by atoms with Crippen molar-refractivity contribution in [1.82, 2.24) is 0 Å². The van der Waals surface area contributed by atoms with Gasteiger partial charge in [0.1, 0.15) is 0 Å². The average molecular weight is 286 g/mol. The molecule has 0 unspecified atom stereocenters. The zero-order valence-electron chi connectivity index (χ0n) is 9.86. The number of hydrogen-bond acceptors (Lipinski definition) is 3. The minimum Gasteiger partial charge on any atom is -0.265 e. The molecule has 0 radical (unpaired) electrons. The summed E-state index contributed by atoms with van der Waals surface area (Å²) in [6.07, 6.45) is -2.86. The van der Waals surface area contributed by atoms with Gasteiger partial charge in [0.2, 0.25) is 0 Å². The van der Waals surface area contributed by atoms with E-state index < -0.39 is 23.4 Å². The molecule has 0 saturated heterocycles. The quantitative estimate of drug-likeness (QED) is 0.794. The van der Waals surface area contributed by atoms with Gasteiger partial charge in [0.05, 0.1) is 5.57 Å². The Bertz CT molecular complexity index is 561. The van der Waals surface area contributed by atoms with E-state index >= 15 is 0 Å². The second-order valence-electron chi connectivity index (χ2n) is 3.85. The smallest absolute Gasteiger partial charge is 0.265 e. The fraction of sp³-hybridized carbons (Fsp3) is 0.250. The molecule has 0 saturated carbocycles. The number of thioether (sulfide) groups is 1. The van der Waals surface area contributed by atoms with Gasteiger partial charge in [0.15, 0.2) is 5.70 Å². The Kier molecular flexibility index (Phi) is 3.75. The molecule has 0 spiro atoms. The number of halogens is 3. The number of alkyl halides is 3. The van der Waals surface area contributed by atoms with E-state index in [0.717, 1.165) is 4.90 Å². The second-order valence-corrected chi connectivity index (χ2v) is 4.73. The minimum atomic E-state index is -4.65. The molecule has 19 heavy (non-hydrogen) atoms. The van der Waals surface area contributed by atoms with E-state index in [1.54, 1.807) is 24.3 Å². The summed E-state index contributed by atoms with van der Waals surface area (Å²) in [6.45, 7) is 0. The molecule has 0 aliphatic carbocycles. The van der Waals surface area contributed by atoms with Gasteiger partial charge in [-0.1, -0.05) is 12.1 Å². The van der Waals surface area contributed by atoms with Crippen molar-refractivity contribution < 1.29 is 18.0 Å². The third kappa shape index (κ3) is 3.04. The standard InChI is InChI=1S/C12H9F3N2OS/c1-19-8-4-2-7(3-5-8)6-9-10(12(13,14)15)16-17-11(9)18/h2-5H,6H2,1H3. The van der Waals surface area contributed by atoms with Crippen LogP contribution < -0.4 is 0 Å². The summed E-state index contributed by atoms with van der Waals surface area (Å²) in [5.74, 6) is -0.915. The van der Waals surface area contributed by atoms with Crippen molar-refractivity contribution in [2.24, 2.45) is 10.2 Å². The van der Waals surface area contributed by atoms with Crippen molar-refractivity contribution in [1.29, 1.82) is 0 Å². The van der Waals surface area contributed by atoms with Gasteiger partial charge in [-0.25, -0.2) is 0 Å². The molecular formula is C12H9F3N2OS. The topological polar surface area (TPSA) is 41.8 Å². The highest BCUT2D eigenvalue weighted by Gasteiger charge is 2.41. The van der Waals surface area contributed by atoms with E-state index in [-0.39, 0.29) is 6.42 Å². The molecule has 1 aromatic carbocycles. The Morgan fingerprint density at radius 2 is 1.79 bits per heavy atom. The first-order chi connectivity index (χ1) is 8.91. The largest absolute Gasteiger partial charge is 0.435 e. The van der Waals surface area contributed by atoms with Crippen LogP contribution in [0.5, 0.6) is 0 Å². The molecule has 0 atom stereocenters. The van der Waals surface area contributed by atoms with Crippen LogP contribution in [0.3, 0.4) is 0 Å². The minimum absolute atomic E-state index is 0.116. The summed E-state index contributed by atoms with van der Waals surface area (Å²) in [7, 11) is 0. The maximum Gasteiger partial charge on any atom is 0.435 e. The third-order valence-corrected chi connectivity index (χ3v) is 3.34. The van der Waals surface area contributed by atoms with Gasteiger partial charge in [-0.3, -0.25) is 4.79 Å². The lowest BCUT2D eigenvalue weighted by Gasteiger charge is -2.07. The molecule has 0 N–H and O–H groups in total. The lowest BCUT2D eigenvalue weighted by Crippen LogP contribution is -2.13. The van der Waals surface area contributed by atoms with Gasteiger partial charge in [-0.2, -0.15) is 13.2 Å². The molecule has 0 aromatic heterocycles. The van der Waals surface area contributed by atoms with Crippen LogP contribution in [-0.2, 0) is 11.2 Å². The maximum atomic E-state index is 12.6. The van der Waals surface area contributed by atoms with Crippen molar-refractivity contribution >= 4 is 17.7 Å². The highest BCUT2D eigenvalue weighted by atomic mass is 32.2. The van der Waals surface area contributed by atoms with E-state index in [1.807, 2.05) is 6.26 Å². The fourth-order valence-electron chi connectivity index (χ4n) is 1.65. The van der Waals surface area contributed by atoms with E-state index in [9.17, 15) is 18.0 Å². The molecular weight excluding hydrogens is 277 g/mol. The highest BCUT2D eigenvalue weighted by molar-refractivity contribution is 7.98. The molecule has 1 aliphatic rings. The SMILES string of the molecule is CSc1ccc(CC2=C(C(F)(F)F)N=NC2=O)cc1. The first-order valence-electron chi connectivity index (χ1n) is 5.31. The van der Waals surface area contributed by atoms with Gasteiger partial charge in [-0.05, 0) is 24.0 Å². The lowest BCUT2D eigenvalue weighted by molar-refractivity contribution is -0.115. The van der Waals surface area contributed by atoms with Crippen LogP contribution >= 0.6 is 11.8 Å². The molecule has 0 bridgehead atoms. The Balaban J connectivity index is 2.28. The lowest BCUT2D eigenvalue weighted by atomic mass is 10.0. The van der Waals surface area contributed by atoms with Crippen molar-refractivity contribution in [3.8, 4) is 0 Å². The van der Waals surface area contributed by atoms with Gasteiger partial charge in [-0.15, -0.1) is 22.0 Å². The molecule has 2 rings (SSSR count). The molecule has 3 nitrogen and oxygen atoms in total. The Morgan fingerprint density at radius 3 is 2.32 bits per heavy atom. The van der Waals surface area contributed by atoms with Gasteiger partial charge in [0.25, 0.3) is 5.91 Å². The molecule has 1 heterocycles. The molecule has 1 amide bonds. The number of nitrogens with zero attached hydrogens (tertiary/aromatic N) is 2. The number of hydrogen-bond donors (Lipinski definition) is 0. The highest BCUT2D eigenvalue weighted by Crippen LogP contribution is 2.34. The van der Waals surface area contributed by atoms with Crippen molar-refractivity contribution in [2.45, 2.75) is 17.5 Å². The van der Waals surface area contributed by atoms with Crippen LogP contribution in [-0.4, -0.2) is 18.3 Å². The Hall–Kier alpha value is -1.63. The van der Waals surface area contributed by atoms with Crippen molar-refractivity contribution in [3.63, 3.8) is 0 Å². The normalized spacial score (nSPS) is 15.5. The van der Waals surface area contributed by atoms with Gasteiger partial charge >= 0.3 is 6.18 Å². The maximum absolute atomic E-state index is 12.6. The Morgan fingerprint density at radius 1 is 1.16 bits per heavy atom. The molecule has 0 fully saturated rings. The zero-order valence-corrected chi connectivity index (χ0v) is 10.7. The van der Waals surface area contributed by atoms with Gasteiger partial charge < -0.3 is 0 Å². The molecule has 1 aliphatic heterocycles. The molecule has 1 aromatic rings. The van der Waals surface area contributed by atoms with Crippen LogP contribution in [0.25, 0.3) is 0 Å². The van der Waals surface area contributed by atoms with E-state index in [1.165, 1.54) is 11.8 Å². The van der Waals surface area contributed by atoms with E-state index in [2.05, 4.69) is 10.2 Å². The summed E-state index contributed by atoms with van der Waals surface area (Å²) in [4.78, 5) is 12.3. The third-order valence-electron chi connectivity index (χ3n) is 2.59. The predicted octanol–water partition coefficient (Wildman–Crippen LogP) is 3.76. The number of benzene rings is 1. The van der Waals surface area contributed by atoms with Crippen LogP contribution in [0.1, 0.15) is 5.56 Å². The monoisotopic (exact) mass is 286 g/mol. The first kappa shape index (κ1) is 13.8. The number of carbonyl (C=O) groups is 1. The average Bonchev–Trinajstić information content (AvgIpc) is 2.72. The van der Waals surface area contributed by atoms with E-state index in [0.29, 0.717) is 5.56 Å². The van der Waals surface area contributed by atoms with Crippen LogP contribution in [0.15, 0.2) is 50.7 Å². The molecule has 7 heteroatoms. The number of amides is 1. The summed E-state index contributed by atoms with van der Waals surface area (Å²) in [5, 5.41) is 5.91. The van der Waals surface area contributed by atoms with Gasteiger partial charge in [0, 0.05) is 11.3 Å². The predicted molar refractivity (Wildman–Crippen MR) is 64.9 cm³/mol. The number of rotatable bonds is 3. The summed E-state index contributed by atoms with van der Waals surface area (Å²) in [6, 6.07) is 6.97. The second kappa shape index (κ2) is 5.16.